The zero-order valence-electron chi connectivity index (χ0n) is 10.8. The highest BCUT2D eigenvalue weighted by molar-refractivity contribution is 4.84. The summed E-state index contributed by atoms with van der Waals surface area (Å²) < 4.78 is 11.8. The Hall–Kier alpha value is -0.160. The van der Waals surface area contributed by atoms with Crippen LogP contribution in [0.15, 0.2) is 0 Å². The minimum Gasteiger partial charge on any atom is -0.343 e. The smallest absolute Gasteiger partial charge is 0.163 e. The molecule has 90 valence electrons. The van der Waals surface area contributed by atoms with Gasteiger partial charge in [-0.2, -0.15) is 0 Å². The number of hydrogen-bond acceptors (Lipinski definition) is 4. The molecule has 0 bridgehead atoms. The summed E-state index contributed by atoms with van der Waals surface area (Å²) in [6.07, 6.45) is 0.329. The van der Waals surface area contributed by atoms with Crippen LogP contribution in [0.1, 0.15) is 13.8 Å². The molecule has 0 aliphatic carbocycles. The summed E-state index contributed by atoms with van der Waals surface area (Å²) >= 11 is 0. The highest BCUT2D eigenvalue weighted by Gasteiger charge is 2.41. The fourth-order valence-corrected chi connectivity index (χ4v) is 1.94. The zero-order chi connectivity index (χ0) is 11.6. The molecule has 1 aliphatic rings. The molecule has 4 nitrogen and oxygen atoms in total. The van der Waals surface area contributed by atoms with Crippen LogP contribution in [0.25, 0.3) is 0 Å². The maximum atomic E-state index is 5.88. The Bertz CT molecular complexity index is 185. The van der Waals surface area contributed by atoms with Crippen molar-refractivity contribution in [3.05, 3.63) is 0 Å². The largest absolute Gasteiger partial charge is 0.343 e. The van der Waals surface area contributed by atoms with Gasteiger partial charge < -0.3 is 19.3 Å². The lowest BCUT2D eigenvalue weighted by molar-refractivity contribution is -0.148. The van der Waals surface area contributed by atoms with Crippen molar-refractivity contribution in [3.63, 3.8) is 0 Å². The van der Waals surface area contributed by atoms with Crippen molar-refractivity contribution >= 4 is 0 Å². The quantitative estimate of drug-likeness (QED) is 0.688. The third-order valence-corrected chi connectivity index (χ3v) is 2.38. The van der Waals surface area contributed by atoms with E-state index in [4.69, 9.17) is 9.47 Å². The molecule has 0 radical (unpaired) electrons. The van der Waals surface area contributed by atoms with Gasteiger partial charge in [-0.1, -0.05) is 0 Å². The summed E-state index contributed by atoms with van der Waals surface area (Å²) in [6.45, 7) is 5.76. The number of ether oxygens (including phenoxy) is 2. The Balaban J connectivity index is 2.57. The third-order valence-electron chi connectivity index (χ3n) is 2.38. The molecule has 0 amide bonds. The van der Waals surface area contributed by atoms with Crippen molar-refractivity contribution in [2.24, 2.45) is 0 Å². The van der Waals surface area contributed by atoms with E-state index in [9.17, 15) is 0 Å². The Morgan fingerprint density at radius 2 is 1.20 bits per heavy atom. The van der Waals surface area contributed by atoms with Gasteiger partial charge in [-0.25, -0.2) is 0 Å². The molecule has 1 saturated heterocycles. The lowest BCUT2D eigenvalue weighted by atomic mass is 10.2. The van der Waals surface area contributed by atoms with E-state index < -0.39 is 5.79 Å². The van der Waals surface area contributed by atoms with Crippen LogP contribution in [0, 0.1) is 0 Å². The Morgan fingerprint density at radius 1 is 0.867 bits per heavy atom. The molecule has 15 heavy (non-hydrogen) atoms. The second kappa shape index (κ2) is 4.78. The number of rotatable bonds is 4. The first kappa shape index (κ1) is 12.9. The van der Waals surface area contributed by atoms with Crippen molar-refractivity contribution < 1.29 is 9.47 Å². The summed E-state index contributed by atoms with van der Waals surface area (Å²) in [5.41, 5.74) is 0. The van der Waals surface area contributed by atoms with Crippen LogP contribution in [0.4, 0.5) is 0 Å². The monoisotopic (exact) mass is 216 g/mol. The molecule has 1 rings (SSSR count). The highest BCUT2D eigenvalue weighted by atomic mass is 16.8. The molecule has 1 heterocycles. The first-order valence-corrected chi connectivity index (χ1v) is 5.45. The van der Waals surface area contributed by atoms with Crippen molar-refractivity contribution in [1.82, 2.24) is 9.80 Å². The molecule has 1 aliphatic heterocycles. The topological polar surface area (TPSA) is 24.9 Å². The predicted octanol–water partition coefficient (Wildman–Crippen LogP) is 0.630. The summed E-state index contributed by atoms with van der Waals surface area (Å²) in [5, 5.41) is 0. The van der Waals surface area contributed by atoms with Crippen molar-refractivity contribution in [2.75, 3.05) is 41.3 Å². The standard InChI is InChI=1S/C11H24N2O2/c1-11(2)14-9(7-12(3)4)10(15-11)8-13(5)6/h9-10H,7-8H2,1-6H3/t9-,10-/m0/s1. The van der Waals surface area contributed by atoms with Crippen LogP contribution in [0.5, 0.6) is 0 Å². The summed E-state index contributed by atoms with van der Waals surface area (Å²) in [5.74, 6) is -0.443. The van der Waals surface area contributed by atoms with E-state index in [1.54, 1.807) is 0 Å². The van der Waals surface area contributed by atoms with Crippen LogP contribution in [0.2, 0.25) is 0 Å². The van der Waals surface area contributed by atoms with Crippen LogP contribution < -0.4 is 0 Å². The third kappa shape index (κ3) is 4.07. The van der Waals surface area contributed by atoms with Crippen molar-refractivity contribution in [1.29, 1.82) is 0 Å². The van der Waals surface area contributed by atoms with E-state index in [1.165, 1.54) is 0 Å². The molecule has 4 heteroatoms. The van der Waals surface area contributed by atoms with E-state index >= 15 is 0 Å². The fourth-order valence-electron chi connectivity index (χ4n) is 1.94. The van der Waals surface area contributed by atoms with E-state index in [1.807, 2.05) is 13.8 Å². The van der Waals surface area contributed by atoms with Gasteiger partial charge in [-0.15, -0.1) is 0 Å². The molecular formula is C11H24N2O2. The zero-order valence-corrected chi connectivity index (χ0v) is 10.8. The second-order valence-corrected chi connectivity index (χ2v) is 5.24. The van der Waals surface area contributed by atoms with E-state index in [2.05, 4.69) is 38.0 Å². The lowest BCUT2D eigenvalue weighted by Gasteiger charge is -2.22. The van der Waals surface area contributed by atoms with Gasteiger partial charge in [0.15, 0.2) is 5.79 Å². The second-order valence-electron chi connectivity index (χ2n) is 5.24. The van der Waals surface area contributed by atoms with Gasteiger partial charge in [0.25, 0.3) is 0 Å². The van der Waals surface area contributed by atoms with E-state index in [0.29, 0.717) is 0 Å². The van der Waals surface area contributed by atoms with Gasteiger partial charge in [-0.3, -0.25) is 0 Å². The lowest BCUT2D eigenvalue weighted by Crippen LogP contribution is -2.39. The first-order valence-electron chi connectivity index (χ1n) is 5.45. The van der Waals surface area contributed by atoms with E-state index in [-0.39, 0.29) is 12.2 Å². The number of likely N-dealkylation sites (N-methyl/N-ethyl adjacent to an activating group) is 2. The van der Waals surface area contributed by atoms with Gasteiger partial charge in [0.05, 0.1) is 0 Å². The molecule has 2 atom stereocenters. The highest BCUT2D eigenvalue weighted by Crippen LogP contribution is 2.28. The average molecular weight is 216 g/mol. The minimum atomic E-state index is -0.443. The van der Waals surface area contributed by atoms with Crippen LogP contribution in [-0.2, 0) is 9.47 Å². The SMILES string of the molecule is CN(C)C[C@@H]1OC(C)(C)O[C@H]1CN(C)C. The maximum Gasteiger partial charge on any atom is 0.163 e. The Morgan fingerprint density at radius 3 is 1.47 bits per heavy atom. The summed E-state index contributed by atoms with van der Waals surface area (Å²) in [7, 11) is 8.23. The summed E-state index contributed by atoms with van der Waals surface area (Å²) in [4.78, 5) is 4.27. The Labute approximate surface area is 93.1 Å². The molecule has 0 N–H and O–H groups in total. The van der Waals surface area contributed by atoms with Crippen LogP contribution in [-0.4, -0.2) is 69.1 Å². The van der Waals surface area contributed by atoms with Gasteiger partial charge in [0.1, 0.15) is 12.2 Å². The molecule has 0 aromatic rings. The number of nitrogens with zero attached hydrogens (tertiary/aromatic N) is 2. The van der Waals surface area contributed by atoms with Crippen molar-refractivity contribution in [3.8, 4) is 0 Å². The van der Waals surface area contributed by atoms with Gasteiger partial charge in [-0.05, 0) is 42.0 Å². The van der Waals surface area contributed by atoms with Crippen LogP contribution in [0.3, 0.4) is 0 Å². The average Bonchev–Trinajstić information content (AvgIpc) is 2.22. The molecule has 1 fully saturated rings. The number of hydrogen-bond donors (Lipinski definition) is 0. The van der Waals surface area contributed by atoms with Crippen molar-refractivity contribution in [2.45, 2.75) is 31.8 Å². The molecule has 0 unspecified atom stereocenters. The van der Waals surface area contributed by atoms with Gasteiger partial charge in [0, 0.05) is 13.1 Å². The first-order chi connectivity index (χ1) is 6.80. The minimum absolute atomic E-state index is 0.164. The Kier molecular flexibility index (Phi) is 4.12. The van der Waals surface area contributed by atoms with Gasteiger partial charge >= 0.3 is 0 Å². The molecule has 0 aromatic heterocycles. The molecule has 0 spiro atoms. The molecular weight excluding hydrogens is 192 g/mol. The normalized spacial score (nSPS) is 30.4. The molecule has 0 saturated carbocycles. The predicted molar refractivity (Wildman–Crippen MR) is 60.9 cm³/mol. The maximum absolute atomic E-state index is 5.88. The fraction of sp³-hybridized carbons (Fsp3) is 1.00. The van der Waals surface area contributed by atoms with Crippen LogP contribution >= 0.6 is 0 Å². The van der Waals surface area contributed by atoms with E-state index in [0.717, 1.165) is 13.1 Å². The van der Waals surface area contributed by atoms with Gasteiger partial charge in [0.2, 0.25) is 0 Å². The molecule has 0 aromatic carbocycles. The summed E-state index contributed by atoms with van der Waals surface area (Å²) in [6, 6.07) is 0.